The standard InChI is InChI=1S/C16H18N6O2S/c1-21-12-5-2-9(8-11(12)18-15(21)24)14(23)17-7-6-13-19-20-16(25)22(13)10-3-4-10/h2,5,8,10H,3-4,6-7H2,1H3,(H,17,23)(H,18,24)(H,20,25). The van der Waals surface area contributed by atoms with Crippen LogP contribution in [0.4, 0.5) is 0 Å². The molecule has 2 heterocycles. The van der Waals surface area contributed by atoms with Crippen LogP contribution >= 0.6 is 12.2 Å². The molecule has 3 N–H and O–H groups in total. The second-order valence-corrected chi connectivity index (χ2v) is 6.66. The molecule has 1 saturated carbocycles. The van der Waals surface area contributed by atoms with Crippen LogP contribution in [-0.4, -0.2) is 36.8 Å². The van der Waals surface area contributed by atoms with Crippen molar-refractivity contribution in [1.29, 1.82) is 0 Å². The molecule has 1 fully saturated rings. The van der Waals surface area contributed by atoms with Crippen LogP contribution in [0.2, 0.25) is 0 Å². The van der Waals surface area contributed by atoms with Crippen LogP contribution < -0.4 is 11.0 Å². The predicted octanol–water partition coefficient (Wildman–Crippen LogP) is 1.43. The second-order valence-electron chi connectivity index (χ2n) is 6.27. The lowest BCUT2D eigenvalue weighted by molar-refractivity contribution is 0.0954. The quantitative estimate of drug-likeness (QED) is 0.601. The van der Waals surface area contributed by atoms with Gasteiger partial charge in [-0.15, -0.1) is 0 Å². The molecule has 0 atom stereocenters. The maximum Gasteiger partial charge on any atom is 0.326 e. The molecule has 1 aliphatic carbocycles. The maximum atomic E-state index is 12.3. The first-order valence-corrected chi connectivity index (χ1v) is 8.58. The van der Waals surface area contributed by atoms with E-state index in [-0.39, 0.29) is 11.6 Å². The van der Waals surface area contributed by atoms with E-state index < -0.39 is 0 Å². The molecule has 130 valence electrons. The predicted molar refractivity (Wildman–Crippen MR) is 95.3 cm³/mol. The number of imidazole rings is 1. The number of nitrogens with one attached hydrogen (secondary N) is 3. The molecule has 0 bridgehead atoms. The smallest absolute Gasteiger partial charge is 0.326 e. The molecular formula is C16H18N6O2S. The Bertz CT molecular complexity index is 1070. The second kappa shape index (κ2) is 5.99. The van der Waals surface area contributed by atoms with E-state index in [9.17, 15) is 9.59 Å². The molecule has 3 aromatic rings. The lowest BCUT2D eigenvalue weighted by atomic mass is 10.2. The van der Waals surface area contributed by atoms with Gasteiger partial charge < -0.3 is 14.9 Å². The molecule has 0 unspecified atom stereocenters. The average Bonchev–Trinajstić information content (AvgIpc) is 3.31. The summed E-state index contributed by atoms with van der Waals surface area (Å²) in [6.45, 7) is 0.467. The summed E-state index contributed by atoms with van der Waals surface area (Å²) in [5.74, 6) is 0.689. The summed E-state index contributed by atoms with van der Waals surface area (Å²) in [5.41, 5.74) is 1.72. The first kappa shape index (κ1) is 15.8. The van der Waals surface area contributed by atoms with Gasteiger partial charge in [0.25, 0.3) is 5.91 Å². The Morgan fingerprint density at radius 2 is 2.24 bits per heavy atom. The Kier molecular flexibility index (Phi) is 3.79. The van der Waals surface area contributed by atoms with Gasteiger partial charge in [0.05, 0.1) is 11.0 Å². The fourth-order valence-electron chi connectivity index (χ4n) is 2.99. The number of hydrogen-bond acceptors (Lipinski definition) is 4. The lowest BCUT2D eigenvalue weighted by Crippen LogP contribution is -2.26. The average molecular weight is 358 g/mol. The van der Waals surface area contributed by atoms with E-state index in [2.05, 4.69) is 20.5 Å². The van der Waals surface area contributed by atoms with Gasteiger partial charge >= 0.3 is 5.69 Å². The number of nitrogens with zero attached hydrogens (tertiary/aromatic N) is 3. The van der Waals surface area contributed by atoms with Crippen molar-refractivity contribution in [3.8, 4) is 0 Å². The van der Waals surface area contributed by atoms with Crippen LogP contribution in [0.25, 0.3) is 11.0 Å². The highest BCUT2D eigenvalue weighted by molar-refractivity contribution is 7.71. The zero-order valence-electron chi connectivity index (χ0n) is 13.7. The van der Waals surface area contributed by atoms with Gasteiger partial charge in [0.1, 0.15) is 5.82 Å². The number of benzene rings is 1. The Morgan fingerprint density at radius 1 is 1.44 bits per heavy atom. The summed E-state index contributed by atoms with van der Waals surface area (Å²) in [6, 6.07) is 5.62. The molecule has 25 heavy (non-hydrogen) atoms. The molecule has 1 amide bonds. The third kappa shape index (κ3) is 2.91. The van der Waals surface area contributed by atoms with Crippen molar-refractivity contribution in [2.24, 2.45) is 7.05 Å². The number of hydrogen-bond donors (Lipinski definition) is 3. The number of aromatic nitrogens is 5. The van der Waals surface area contributed by atoms with Crippen molar-refractivity contribution in [3.63, 3.8) is 0 Å². The highest BCUT2D eigenvalue weighted by atomic mass is 32.1. The van der Waals surface area contributed by atoms with Crippen molar-refractivity contribution in [2.45, 2.75) is 25.3 Å². The largest absolute Gasteiger partial charge is 0.352 e. The van der Waals surface area contributed by atoms with Crippen molar-refractivity contribution in [2.75, 3.05) is 6.54 Å². The van der Waals surface area contributed by atoms with Crippen LogP contribution in [-0.2, 0) is 13.5 Å². The van der Waals surface area contributed by atoms with Crippen molar-refractivity contribution >= 4 is 29.2 Å². The molecule has 1 aliphatic rings. The van der Waals surface area contributed by atoms with Crippen LogP contribution in [0.5, 0.6) is 0 Å². The summed E-state index contributed by atoms with van der Waals surface area (Å²) in [5, 5.41) is 9.97. The van der Waals surface area contributed by atoms with Gasteiger partial charge in [-0.3, -0.25) is 14.5 Å². The zero-order valence-corrected chi connectivity index (χ0v) is 14.5. The number of rotatable bonds is 5. The highest BCUT2D eigenvalue weighted by Gasteiger charge is 2.27. The number of fused-ring (bicyclic) bond motifs is 1. The fourth-order valence-corrected chi connectivity index (χ4v) is 3.29. The first-order chi connectivity index (χ1) is 12.0. The van der Waals surface area contributed by atoms with Gasteiger partial charge in [-0.2, -0.15) is 5.10 Å². The Hall–Kier alpha value is -2.68. The molecule has 0 spiro atoms. The molecule has 9 heteroatoms. The third-order valence-corrected chi connectivity index (χ3v) is 4.78. The first-order valence-electron chi connectivity index (χ1n) is 8.17. The number of carbonyl (C=O) groups is 1. The van der Waals surface area contributed by atoms with Crippen molar-refractivity contribution in [1.82, 2.24) is 29.6 Å². The molecule has 2 aromatic heterocycles. The molecular weight excluding hydrogens is 340 g/mol. The number of H-pyrrole nitrogens is 2. The Morgan fingerprint density at radius 3 is 3.00 bits per heavy atom. The van der Waals surface area contributed by atoms with Crippen LogP contribution in [0, 0.1) is 4.77 Å². The van der Waals surface area contributed by atoms with Crippen LogP contribution in [0.3, 0.4) is 0 Å². The summed E-state index contributed by atoms with van der Waals surface area (Å²) in [7, 11) is 1.69. The monoisotopic (exact) mass is 358 g/mol. The van der Waals surface area contributed by atoms with E-state index >= 15 is 0 Å². The lowest BCUT2D eigenvalue weighted by Gasteiger charge is -2.07. The summed E-state index contributed by atoms with van der Waals surface area (Å²) >= 11 is 5.25. The van der Waals surface area contributed by atoms with Crippen molar-refractivity contribution in [3.05, 3.63) is 44.8 Å². The van der Waals surface area contributed by atoms with E-state index in [4.69, 9.17) is 12.2 Å². The van der Waals surface area contributed by atoms with E-state index in [0.29, 0.717) is 34.9 Å². The summed E-state index contributed by atoms with van der Waals surface area (Å²) in [6.07, 6.45) is 2.87. The normalized spacial score (nSPS) is 14.1. The van der Waals surface area contributed by atoms with Crippen LogP contribution in [0.15, 0.2) is 23.0 Å². The molecule has 4 rings (SSSR count). The summed E-state index contributed by atoms with van der Waals surface area (Å²) in [4.78, 5) is 26.7. The van der Waals surface area contributed by atoms with E-state index in [0.717, 1.165) is 24.2 Å². The van der Waals surface area contributed by atoms with Gasteiger partial charge in [-0.25, -0.2) is 4.79 Å². The van der Waals surface area contributed by atoms with Gasteiger partial charge in [0.2, 0.25) is 0 Å². The SMILES string of the molecule is Cn1c(=O)[nH]c2cc(C(=O)NCCc3n[nH]c(=S)n3C3CC3)ccc21. The molecule has 0 radical (unpaired) electrons. The molecule has 1 aromatic carbocycles. The van der Waals surface area contributed by atoms with E-state index in [1.807, 2.05) is 4.57 Å². The summed E-state index contributed by atoms with van der Waals surface area (Å²) < 4.78 is 4.20. The molecule has 0 saturated heterocycles. The number of amides is 1. The van der Waals surface area contributed by atoms with Crippen molar-refractivity contribution < 1.29 is 4.79 Å². The minimum atomic E-state index is -0.199. The van der Waals surface area contributed by atoms with Gasteiger partial charge in [0, 0.05) is 31.6 Å². The van der Waals surface area contributed by atoms with Gasteiger partial charge in [0.15, 0.2) is 4.77 Å². The van der Waals surface area contributed by atoms with E-state index in [1.54, 1.807) is 25.2 Å². The number of aromatic amines is 2. The number of carbonyl (C=O) groups excluding carboxylic acids is 1. The Balaban J connectivity index is 1.44. The maximum absolute atomic E-state index is 12.3. The molecule has 8 nitrogen and oxygen atoms in total. The molecule has 0 aliphatic heterocycles. The Labute approximate surface area is 147 Å². The minimum Gasteiger partial charge on any atom is -0.352 e. The fraction of sp³-hybridized carbons (Fsp3) is 0.375. The number of aryl methyl sites for hydroxylation is 1. The zero-order chi connectivity index (χ0) is 17.6. The highest BCUT2D eigenvalue weighted by Crippen LogP contribution is 2.35. The van der Waals surface area contributed by atoms with Gasteiger partial charge in [-0.1, -0.05) is 0 Å². The van der Waals surface area contributed by atoms with Crippen LogP contribution in [0.1, 0.15) is 35.1 Å². The van der Waals surface area contributed by atoms with E-state index in [1.165, 1.54) is 4.57 Å². The minimum absolute atomic E-state index is 0.182. The third-order valence-electron chi connectivity index (χ3n) is 4.49. The topological polar surface area (TPSA) is 100 Å². The van der Waals surface area contributed by atoms with Gasteiger partial charge in [-0.05, 0) is 43.3 Å².